The first-order valence-electron chi connectivity index (χ1n) is 7.14. The summed E-state index contributed by atoms with van der Waals surface area (Å²) < 4.78 is 0. The van der Waals surface area contributed by atoms with Gasteiger partial charge in [0.2, 0.25) is 5.91 Å². The molecule has 1 aliphatic rings. The second kappa shape index (κ2) is 7.00. The van der Waals surface area contributed by atoms with E-state index in [1.807, 2.05) is 11.9 Å². The minimum absolute atomic E-state index is 0.0913. The number of carboxylic acid groups (broad SMARTS) is 1. The van der Waals surface area contributed by atoms with Gasteiger partial charge in [-0.1, -0.05) is 19.3 Å². The molecule has 7 heteroatoms. The van der Waals surface area contributed by atoms with Crippen molar-refractivity contribution in [1.82, 2.24) is 9.88 Å². The average molecular weight is 311 g/mol. The van der Waals surface area contributed by atoms with Crippen molar-refractivity contribution >= 4 is 28.3 Å². The highest BCUT2D eigenvalue weighted by atomic mass is 32.1. The fourth-order valence-electron chi connectivity index (χ4n) is 3.01. The quantitative estimate of drug-likeness (QED) is 0.841. The van der Waals surface area contributed by atoms with E-state index in [1.54, 1.807) is 11.6 Å². The van der Waals surface area contributed by atoms with Gasteiger partial charge < -0.3 is 10.4 Å². The Morgan fingerprint density at radius 3 is 2.71 bits per heavy atom. The Hall–Kier alpha value is -1.47. The summed E-state index contributed by atoms with van der Waals surface area (Å²) in [5.41, 5.74) is -0.399. The fourth-order valence-corrected chi connectivity index (χ4v) is 3.56. The number of thiazole rings is 1. The van der Waals surface area contributed by atoms with Gasteiger partial charge in [0.1, 0.15) is 0 Å². The summed E-state index contributed by atoms with van der Waals surface area (Å²) in [6.07, 6.45) is 6.57. The summed E-state index contributed by atoms with van der Waals surface area (Å²) in [4.78, 5) is 29.2. The van der Waals surface area contributed by atoms with E-state index in [-0.39, 0.29) is 18.9 Å². The smallest absolute Gasteiger partial charge is 0.305 e. The zero-order valence-corrected chi connectivity index (χ0v) is 13.0. The van der Waals surface area contributed by atoms with Crippen LogP contribution in [-0.4, -0.2) is 46.0 Å². The van der Waals surface area contributed by atoms with Crippen LogP contribution in [0, 0.1) is 0 Å². The van der Waals surface area contributed by atoms with Gasteiger partial charge >= 0.3 is 5.97 Å². The normalized spacial score (nSPS) is 17.6. The SMILES string of the molecule is CN(CC(=O)Nc1nccs1)C1(CC(=O)O)CCCCC1. The second-order valence-electron chi connectivity index (χ2n) is 5.60. The summed E-state index contributed by atoms with van der Waals surface area (Å²) in [5.74, 6) is -0.952. The van der Waals surface area contributed by atoms with Gasteiger partial charge in [0, 0.05) is 17.1 Å². The zero-order valence-electron chi connectivity index (χ0n) is 12.2. The molecule has 0 aromatic carbocycles. The maximum atomic E-state index is 12.1. The monoisotopic (exact) mass is 311 g/mol. The van der Waals surface area contributed by atoms with Gasteiger partial charge in [-0.3, -0.25) is 14.5 Å². The highest BCUT2D eigenvalue weighted by Gasteiger charge is 2.38. The van der Waals surface area contributed by atoms with Gasteiger partial charge in [-0.25, -0.2) is 4.98 Å². The maximum absolute atomic E-state index is 12.1. The third-order valence-corrected chi connectivity index (χ3v) is 4.82. The molecule has 6 nitrogen and oxygen atoms in total. The molecule has 1 aromatic heterocycles. The van der Waals surface area contributed by atoms with E-state index < -0.39 is 11.5 Å². The minimum atomic E-state index is -0.802. The molecule has 1 aromatic rings. The molecule has 0 spiro atoms. The first-order chi connectivity index (χ1) is 10.0. The van der Waals surface area contributed by atoms with Crippen molar-refractivity contribution in [1.29, 1.82) is 0 Å². The van der Waals surface area contributed by atoms with Gasteiger partial charge in [0.25, 0.3) is 0 Å². The first kappa shape index (κ1) is 15.9. The summed E-state index contributed by atoms with van der Waals surface area (Å²) in [5, 5.41) is 14.3. The number of hydrogen-bond acceptors (Lipinski definition) is 5. The van der Waals surface area contributed by atoms with Gasteiger partial charge in [-0.2, -0.15) is 0 Å². The molecule has 0 unspecified atom stereocenters. The number of amides is 1. The number of likely N-dealkylation sites (N-methyl/N-ethyl adjacent to an activating group) is 1. The number of rotatable bonds is 6. The van der Waals surface area contributed by atoms with E-state index >= 15 is 0 Å². The van der Waals surface area contributed by atoms with E-state index in [9.17, 15) is 14.7 Å². The number of aliphatic carboxylic acids is 1. The molecule has 1 heterocycles. The molecule has 1 amide bonds. The fraction of sp³-hybridized carbons (Fsp3) is 0.643. The molecule has 0 radical (unpaired) electrons. The van der Waals surface area contributed by atoms with E-state index in [1.165, 1.54) is 11.3 Å². The Kier molecular flexibility index (Phi) is 5.30. The Morgan fingerprint density at radius 1 is 1.43 bits per heavy atom. The molecule has 0 atom stereocenters. The Labute approximate surface area is 128 Å². The lowest BCUT2D eigenvalue weighted by molar-refractivity contribution is -0.141. The minimum Gasteiger partial charge on any atom is -0.481 e. The van der Waals surface area contributed by atoms with Crippen molar-refractivity contribution in [3.63, 3.8) is 0 Å². The highest BCUT2D eigenvalue weighted by molar-refractivity contribution is 7.13. The maximum Gasteiger partial charge on any atom is 0.305 e. The van der Waals surface area contributed by atoms with Crippen molar-refractivity contribution in [3.8, 4) is 0 Å². The molecule has 21 heavy (non-hydrogen) atoms. The molecule has 116 valence electrons. The molecule has 2 rings (SSSR count). The summed E-state index contributed by atoms with van der Waals surface area (Å²) in [6.45, 7) is 0.187. The van der Waals surface area contributed by atoms with Crippen molar-refractivity contribution in [2.24, 2.45) is 0 Å². The van der Waals surface area contributed by atoms with Crippen LogP contribution in [0.4, 0.5) is 5.13 Å². The Morgan fingerprint density at radius 2 is 2.14 bits per heavy atom. The molecular weight excluding hydrogens is 290 g/mol. The van der Waals surface area contributed by atoms with Crippen molar-refractivity contribution in [2.75, 3.05) is 18.9 Å². The van der Waals surface area contributed by atoms with Gasteiger partial charge in [0.15, 0.2) is 5.13 Å². The lowest BCUT2D eigenvalue weighted by Crippen LogP contribution is -2.51. The van der Waals surface area contributed by atoms with Crippen molar-refractivity contribution < 1.29 is 14.7 Å². The molecule has 0 aliphatic heterocycles. The van der Waals surface area contributed by atoms with Crippen molar-refractivity contribution in [3.05, 3.63) is 11.6 Å². The van der Waals surface area contributed by atoms with Crippen molar-refractivity contribution in [2.45, 2.75) is 44.1 Å². The van der Waals surface area contributed by atoms with Crippen LogP contribution in [0.3, 0.4) is 0 Å². The topological polar surface area (TPSA) is 82.5 Å². The average Bonchev–Trinajstić information content (AvgIpc) is 2.91. The number of aromatic nitrogens is 1. The van der Waals surface area contributed by atoms with Crippen LogP contribution in [0.5, 0.6) is 0 Å². The summed E-state index contributed by atoms with van der Waals surface area (Å²) >= 11 is 1.37. The molecule has 1 saturated carbocycles. The number of hydrogen-bond donors (Lipinski definition) is 2. The van der Waals surface area contributed by atoms with Crippen LogP contribution in [0.1, 0.15) is 38.5 Å². The van der Waals surface area contributed by atoms with E-state index in [0.717, 1.165) is 32.1 Å². The number of carbonyl (C=O) groups excluding carboxylic acids is 1. The third kappa shape index (κ3) is 4.25. The van der Waals surface area contributed by atoms with Crippen LogP contribution in [0.2, 0.25) is 0 Å². The van der Waals surface area contributed by atoms with E-state index in [4.69, 9.17) is 0 Å². The highest BCUT2D eigenvalue weighted by Crippen LogP contribution is 2.35. The molecule has 2 N–H and O–H groups in total. The second-order valence-corrected chi connectivity index (χ2v) is 6.49. The predicted octanol–water partition coefficient (Wildman–Crippen LogP) is 2.19. The number of carboxylic acids is 1. The van der Waals surface area contributed by atoms with Gasteiger partial charge in [-0.15, -0.1) is 11.3 Å². The van der Waals surface area contributed by atoms with E-state index in [2.05, 4.69) is 10.3 Å². The van der Waals surface area contributed by atoms with Gasteiger partial charge in [0.05, 0.1) is 13.0 Å². The Bertz CT molecular complexity index is 484. The third-order valence-electron chi connectivity index (χ3n) is 4.13. The van der Waals surface area contributed by atoms with E-state index in [0.29, 0.717) is 5.13 Å². The van der Waals surface area contributed by atoms with Gasteiger partial charge in [-0.05, 0) is 19.9 Å². The summed E-state index contributed by atoms with van der Waals surface area (Å²) in [6, 6.07) is 0. The number of nitrogens with zero attached hydrogens (tertiary/aromatic N) is 2. The standard InChI is InChI=1S/C14H21N3O3S/c1-17(10-11(18)16-13-15-7-8-21-13)14(9-12(19)20)5-3-2-4-6-14/h7-8H,2-6,9-10H2,1H3,(H,19,20)(H,15,16,18). The number of anilines is 1. The number of nitrogens with one attached hydrogen (secondary N) is 1. The molecule has 1 fully saturated rings. The number of carbonyl (C=O) groups is 2. The molecule has 0 bridgehead atoms. The predicted molar refractivity (Wildman–Crippen MR) is 81.4 cm³/mol. The van der Waals surface area contributed by atoms with Crippen LogP contribution < -0.4 is 5.32 Å². The molecular formula is C14H21N3O3S. The first-order valence-corrected chi connectivity index (χ1v) is 8.02. The van der Waals surface area contributed by atoms with Crippen LogP contribution in [0.15, 0.2) is 11.6 Å². The van der Waals surface area contributed by atoms with Crippen LogP contribution in [0.25, 0.3) is 0 Å². The lowest BCUT2D eigenvalue weighted by atomic mass is 9.78. The van der Waals surface area contributed by atoms with Crippen LogP contribution in [-0.2, 0) is 9.59 Å². The largest absolute Gasteiger partial charge is 0.481 e. The molecule has 0 saturated heterocycles. The Balaban J connectivity index is 1.98. The van der Waals surface area contributed by atoms with Crippen LogP contribution >= 0.6 is 11.3 Å². The molecule has 1 aliphatic carbocycles. The summed E-state index contributed by atoms with van der Waals surface area (Å²) in [7, 11) is 1.84. The lowest BCUT2D eigenvalue weighted by Gasteiger charge is -2.43. The zero-order chi connectivity index (χ0) is 15.3.